The van der Waals surface area contributed by atoms with Crippen molar-refractivity contribution in [2.24, 2.45) is 11.8 Å². The summed E-state index contributed by atoms with van der Waals surface area (Å²) in [7, 11) is 0. The van der Waals surface area contributed by atoms with Crippen molar-refractivity contribution < 1.29 is 14.3 Å². The molecule has 6 heteroatoms. The summed E-state index contributed by atoms with van der Waals surface area (Å²) in [5.74, 6) is 0.803. The number of carbonyl (C=O) groups excluding carboxylic acids is 2. The van der Waals surface area contributed by atoms with Gasteiger partial charge in [0.2, 0.25) is 5.91 Å². The van der Waals surface area contributed by atoms with E-state index in [1.807, 2.05) is 0 Å². The van der Waals surface area contributed by atoms with Gasteiger partial charge in [0.05, 0.1) is 6.42 Å². The molecule has 0 aliphatic heterocycles. The van der Waals surface area contributed by atoms with Crippen molar-refractivity contribution in [2.45, 2.75) is 52.1 Å². The topological polar surface area (TPSA) is 68.3 Å². The van der Waals surface area contributed by atoms with Gasteiger partial charge in [-0.2, -0.15) is 0 Å². The molecular weight excluding hydrogens is 288 g/mol. The van der Waals surface area contributed by atoms with Gasteiger partial charge in [0, 0.05) is 18.0 Å². The molecule has 0 saturated heterocycles. The molecule has 0 unspecified atom stereocenters. The first-order valence-electron chi connectivity index (χ1n) is 7.43. The second-order valence-corrected chi connectivity index (χ2v) is 6.66. The summed E-state index contributed by atoms with van der Waals surface area (Å²) in [4.78, 5) is 27.4. The second-order valence-electron chi connectivity index (χ2n) is 5.76. The molecule has 21 heavy (non-hydrogen) atoms. The Labute approximate surface area is 129 Å². The van der Waals surface area contributed by atoms with Gasteiger partial charge in [-0.15, -0.1) is 11.3 Å². The lowest BCUT2D eigenvalue weighted by Gasteiger charge is -2.31. The Morgan fingerprint density at radius 2 is 2.14 bits per heavy atom. The molecule has 0 bridgehead atoms. The molecule has 1 aromatic rings. The molecule has 0 radical (unpaired) electrons. The monoisotopic (exact) mass is 310 g/mol. The zero-order valence-electron chi connectivity index (χ0n) is 12.5. The van der Waals surface area contributed by atoms with Crippen LogP contribution in [0.25, 0.3) is 0 Å². The molecule has 1 heterocycles. The fourth-order valence-corrected chi connectivity index (χ4v) is 3.08. The smallest absolute Gasteiger partial charge is 0.306 e. The molecule has 1 aromatic heterocycles. The number of hydrogen-bond donors (Lipinski definition) is 1. The van der Waals surface area contributed by atoms with Crippen molar-refractivity contribution in [1.29, 1.82) is 0 Å². The first-order valence-corrected chi connectivity index (χ1v) is 8.31. The van der Waals surface area contributed by atoms with Crippen LogP contribution in [0.3, 0.4) is 0 Å². The van der Waals surface area contributed by atoms with E-state index < -0.39 is 0 Å². The number of ether oxygens (including phenoxy) is 1. The van der Waals surface area contributed by atoms with Gasteiger partial charge in [-0.05, 0) is 31.1 Å². The van der Waals surface area contributed by atoms with Crippen molar-refractivity contribution in [2.75, 3.05) is 5.32 Å². The Morgan fingerprint density at radius 1 is 1.33 bits per heavy atom. The Hall–Kier alpha value is -1.43. The summed E-state index contributed by atoms with van der Waals surface area (Å²) in [5, 5.41) is 5.00. The fourth-order valence-electron chi connectivity index (χ4n) is 2.53. The van der Waals surface area contributed by atoms with E-state index in [4.69, 9.17) is 4.74 Å². The quantitative estimate of drug-likeness (QED) is 0.848. The zero-order valence-corrected chi connectivity index (χ0v) is 13.3. The number of amides is 1. The molecule has 1 saturated carbocycles. The molecule has 1 fully saturated rings. The van der Waals surface area contributed by atoms with Crippen molar-refractivity contribution >= 4 is 28.3 Å². The molecule has 3 atom stereocenters. The number of nitrogens with one attached hydrogen (secondary N) is 1. The Bertz CT molecular complexity index is 475. The van der Waals surface area contributed by atoms with Crippen molar-refractivity contribution in [3.63, 3.8) is 0 Å². The van der Waals surface area contributed by atoms with Gasteiger partial charge in [-0.25, -0.2) is 4.98 Å². The molecule has 1 aliphatic carbocycles. The Morgan fingerprint density at radius 3 is 2.81 bits per heavy atom. The van der Waals surface area contributed by atoms with Gasteiger partial charge < -0.3 is 10.1 Å². The van der Waals surface area contributed by atoms with E-state index in [2.05, 4.69) is 24.1 Å². The SMILES string of the molecule is C[C@@H]1CC[C@H](OC(=O)CCC(=O)Nc2nccs2)C[C@@H]1C. The van der Waals surface area contributed by atoms with Crippen LogP contribution in [0.4, 0.5) is 5.13 Å². The first-order chi connectivity index (χ1) is 10.0. The summed E-state index contributed by atoms with van der Waals surface area (Å²) in [6, 6.07) is 0. The van der Waals surface area contributed by atoms with E-state index in [0.29, 0.717) is 17.0 Å². The molecular formula is C15H22N2O3S. The first kappa shape index (κ1) is 15.9. The summed E-state index contributed by atoms with van der Waals surface area (Å²) >= 11 is 1.36. The maximum atomic E-state index is 11.8. The number of thiazole rings is 1. The normalized spacial score (nSPS) is 25.3. The second kappa shape index (κ2) is 7.54. The standard InChI is InChI=1S/C15H22N2O3S/c1-10-3-4-12(9-11(10)2)20-14(19)6-5-13(18)17-15-16-7-8-21-15/h7-8,10-12H,3-6,9H2,1-2H3,(H,16,17,18)/t10-,11+,12+/m1/s1. The van der Waals surface area contributed by atoms with E-state index in [1.165, 1.54) is 11.3 Å². The minimum absolute atomic E-state index is 0.0192. The number of rotatable bonds is 5. The van der Waals surface area contributed by atoms with Crippen molar-refractivity contribution in [3.05, 3.63) is 11.6 Å². The highest BCUT2D eigenvalue weighted by atomic mass is 32.1. The van der Waals surface area contributed by atoms with Crippen LogP contribution in [0.15, 0.2) is 11.6 Å². The van der Waals surface area contributed by atoms with E-state index in [-0.39, 0.29) is 30.8 Å². The summed E-state index contributed by atoms with van der Waals surface area (Å²) < 4.78 is 5.46. The van der Waals surface area contributed by atoms with Crippen LogP contribution in [0.1, 0.15) is 46.0 Å². The van der Waals surface area contributed by atoms with Gasteiger partial charge in [0.1, 0.15) is 6.10 Å². The summed E-state index contributed by atoms with van der Waals surface area (Å²) in [5.41, 5.74) is 0. The highest BCUT2D eigenvalue weighted by Gasteiger charge is 2.27. The molecule has 2 rings (SSSR count). The summed E-state index contributed by atoms with van der Waals surface area (Å²) in [6.07, 6.45) is 4.87. The molecule has 0 spiro atoms. The van der Waals surface area contributed by atoms with E-state index >= 15 is 0 Å². The largest absolute Gasteiger partial charge is 0.462 e. The lowest BCUT2D eigenvalue weighted by molar-refractivity contribution is -0.152. The molecule has 1 aliphatic rings. The van der Waals surface area contributed by atoms with Gasteiger partial charge in [-0.1, -0.05) is 13.8 Å². The molecule has 5 nitrogen and oxygen atoms in total. The minimum atomic E-state index is -0.281. The predicted octanol–water partition coefficient (Wildman–Crippen LogP) is 3.23. The van der Waals surface area contributed by atoms with Crippen LogP contribution in [-0.2, 0) is 14.3 Å². The lowest BCUT2D eigenvalue weighted by atomic mass is 9.80. The van der Waals surface area contributed by atoms with Crippen LogP contribution < -0.4 is 5.32 Å². The van der Waals surface area contributed by atoms with Crippen LogP contribution in [0, 0.1) is 11.8 Å². The number of aromatic nitrogens is 1. The predicted molar refractivity (Wildman–Crippen MR) is 82.0 cm³/mol. The number of esters is 1. The number of hydrogen-bond acceptors (Lipinski definition) is 5. The molecule has 0 aromatic carbocycles. The summed E-state index contributed by atoms with van der Waals surface area (Å²) in [6.45, 7) is 4.44. The van der Waals surface area contributed by atoms with Gasteiger partial charge in [0.15, 0.2) is 5.13 Å². The van der Waals surface area contributed by atoms with E-state index in [1.54, 1.807) is 11.6 Å². The highest BCUT2D eigenvalue weighted by Crippen LogP contribution is 2.31. The Balaban J connectivity index is 1.66. The number of nitrogens with zero attached hydrogens (tertiary/aromatic N) is 1. The van der Waals surface area contributed by atoms with Crippen molar-refractivity contribution in [3.8, 4) is 0 Å². The number of anilines is 1. The third-order valence-corrected chi connectivity index (χ3v) is 4.77. The lowest BCUT2D eigenvalue weighted by Crippen LogP contribution is -2.29. The highest BCUT2D eigenvalue weighted by molar-refractivity contribution is 7.13. The molecule has 1 N–H and O–H groups in total. The number of carbonyl (C=O) groups is 2. The van der Waals surface area contributed by atoms with Crippen LogP contribution in [0.2, 0.25) is 0 Å². The molecule has 116 valence electrons. The average Bonchev–Trinajstić information content (AvgIpc) is 2.93. The van der Waals surface area contributed by atoms with Gasteiger partial charge >= 0.3 is 5.97 Å². The van der Waals surface area contributed by atoms with Crippen LogP contribution in [-0.4, -0.2) is 23.0 Å². The maximum Gasteiger partial charge on any atom is 0.306 e. The minimum Gasteiger partial charge on any atom is -0.462 e. The molecule has 1 amide bonds. The van der Waals surface area contributed by atoms with E-state index in [9.17, 15) is 9.59 Å². The van der Waals surface area contributed by atoms with Crippen molar-refractivity contribution in [1.82, 2.24) is 4.98 Å². The van der Waals surface area contributed by atoms with Gasteiger partial charge in [-0.3, -0.25) is 9.59 Å². The van der Waals surface area contributed by atoms with Gasteiger partial charge in [0.25, 0.3) is 0 Å². The van der Waals surface area contributed by atoms with E-state index in [0.717, 1.165) is 19.3 Å². The fraction of sp³-hybridized carbons (Fsp3) is 0.667. The Kier molecular flexibility index (Phi) is 5.73. The third-order valence-electron chi connectivity index (χ3n) is 4.08. The van der Waals surface area contributed by atoms with Crippen LogP contribution in [0.5, 0.6) is 0 Å². The zero-order chi connectivity index (χ0) is 15.2. The third kappa shape index (κ3) is 5.12. The average molecular weight is 310 g/mol. The maximum absolute atomic E-state index is 11.8. The van der Waals surface area contributed by atoms with Crippen LogP contribution >= 0.6 is 11.3 Å².